The van der Waals surface area contributed by atoms with Crippen molar-refractivity contribution in [2.75, 3.05) is 13.1 Å². The van der Waals surface area contributed by atoms with E-state index < -0.39 is 11.7 Å². The van der Waals surface area contributed by atoms with Crippen molar-refractivity contribution in [3.8, 4) is 0 Å². The predicted octanol–water partition coefficient (Wildman–Crippen LogP) is 5.46. The molecule has 2 fully saturated rings. The molecule has 0 atom stereocenters. The molecule has 1 aliphatic carbocycles. The van der Waals surface area contributed by atoms with Crippen LogP contribution in [0.25, 0.3) is 12.2 Å². The second-order valence-corrected chi connectivity index (χ2v) is 8.13. The van der Waals surface area contributed by atoms with Crippen molar-refractivity contribution in [1.29, 1.82) is 0 Å². The molecule has 0 radical (unpaired) electrons. The Balaban J connectivity index is 1.30. The van der Waals surface area contributed by atoms with Gasteiger partial charge in [0.05, 0.1) is 5.56 Å². The summed E-state index contributed by atoms with van der Waals surface area (Å²) in [5, 5.41) is 4.04. The SMILES string of the molecule is FC(F)(F)c1cccc(/C=C/c2nc(CC3CCN(C4CCCC4)CC3)no2)c1. The fourth-order valence-corrected chi connectivity index (χ4v) is 4.45. The Hall–Kier alpha value is -2.15. The van der Waals surface area contributed by atoms with Crippen LogP contribution in [0.4, 0.5) is 13.2 Å². The molecule has 4 nitrogen and oxygen atoms in total. The van der Waals surface area contributed by atoms with Gasteiger partial charge in [-0.3, -0.25) is 0 Å². The number of aromatic nitrogens is 2. The van der Waals surface area contributed by atoms with Crippen LogP contribution in [0, 0.1) is 5.92 Å². The summed E-state index contributed by atoms with van der Waals surface area (Å²) in [4.78, 5) is 7.03. The molecule has 0 spiro atoms. The summed E-state index contributed by atoms with van der Waals surface area (Å²) in [6, 6.07) is 5.95. The first-order valence-corrected chi connectivity index (χ1v) is 10.4. The lowest BCUT2D eigenvalue weighted by Gasteiger charge is -2.35. The molecule has 2 aromatic rings. The maximum absolute atomic E-state index is 12.8. The number of benzene rings is 1. The molecule has 1 saturated heterocycles. The summed E-state index contributed by atoms with van der Waals surface area (Å²) in [5.74, 6) is 1.55. The Bertz CT molecular complexity index is 832. The summed E-state index contributed by atoms with van der Waals surface area (Å²) in [5.41, 5.74) is -0.228. The van der Waals surface area contributed by atoms with Gasteiger partial charge in [-0.05, 0) is 68.5 Å². The van der Waals surface area contributed by atoms with E-state index in [0.29, 0.717) is 23.2 Å². The molecule has 1 aliphatic heterocycles. The standard InChI is InChI=1S/C22H26F3N3O/c23-22(24,25)18-5-3-4-16(14-18)8-9-21-26-20(27-29-21)15-17-10-12-28(13-11-17)19-6-1-2-7-19/h3-5,8-9,14,17,19H,1-2,6-7,10-13,15H2/b9-8+. The molecule has 0 unspecified atom stereocenters. The van der Waals surface area contributed by atoms with Gasteiger partial charge in [-0.15, -0.1) is 0 Å². The Kier molecular flexibility index (Phi) is 6.04. The highest BCUT2D eigenvalue weighted by Gasteiger charge is 2.30. The third-order valence-electron chi connectivity index (χ3n) is 6.08. The normalized spacial score (nSPS) is 20.1. The highest BCUT2D eigenvalue weighted by atomic mass is 19.4. The van der Waals surface area contributed by atoms with Crippen LogP contribution in [0.5, 0.6) is 0 Å². The van der Waals surface area contributed by atoms with Gasteiger partial charge in [-0.2, -0.15) is 18.2 Å². The topological polar surface area (TPSA) is 42.2 Å². The molecule has 156 valence electrons. The lowest BCUT2D eigenvalue weighted by molar-refractivity contribution is -0.137. The molecular weight excluding hydrogens is 379 g/mol. The summed E-state index contributed by atoms with van der Waals surface area (Å²) in [7, 11) is 0. The van der Waals surface area contributed by atoms with Crippen LogP contribution in [0.3, 0.4) is 0 Å². The van der Waals surface area contributed by atoms with E-state index in [1.807, 2.05) is 0 Å². The minimum Gasteiger partial charge on any atom is -0.335 e. The molecule has 1 saturated carbocycles. The fourth-order valence-electron chi connectivity index (χ4n) is 4.45. The van der Waals surface area contributed by atoms with E-state index in [4.69, 9.17) is 4.52 Å². The zero-order chi connectivity index (χ0) is 20.3. The lowest BCUT2D eigenvalue weighted by atomic mass is 9.92. The van der Waals surface area contributed by atoms with Crippen molar-refractivity contribution in [2.24, 2.45) is 5.92 Å². The smallest absolute Gasteiger partial charge is 0.335 e. The quantitative estimate of drug-likeness (QED) is 0.663. The maximum Gasteiger partial charge on any atom is 0.416 e. The first-order valence-electron chi connectivity index (χ1n) is 10.4. The number of rotatable bonds is 5. The van der Waals surface area contributed by atoms with Crippen molar-refractivity contribution >= 4 is 12.2 Å². The Morgan fingerprint density at radius 2 is 1.83 bits per heavy atom. The molecule has 4 rings (SSSR count). The highest BCUT2D eigenvalue weighted by molar-refractivity contribution is 5.66. The minimum atomic E-state index is -4.35. The molecule has 1 aromatic carbocycles. The van der Waals surface area contributed by atoms with Crippen LogP contribution < -0.4 is 0 Å². The molecule has 2 aliphatic rings. The number of likely N-dealkylation sites (tertiary alicyclic amines) is 1. The predicted molar refractivity (Wildman–Crippen MR) is 105 cm³/mol. The molecule has 1 aromatic heterocycles. The van der Waals surface area contributed by atoms with Crippen LogP contribution in [0.1, 0.15) is 61.4 Å². The zero-order valence-corrected chi connectivity index (χ0v) is 16.4. The van der Waals surface area contributed by atoms with E-state index in [0.717, 1.165) is 50.5 Å². The largest absolute Gasteiger partial charge is 0.416 e. The highest BCUT2D eigenvalue weighted by Crippen LogP contribution is 2.30. The number of piperidine rings is 1. The average Bonchev–Trinajstić information content (AvgIpc) is 3.39. The number of hydrogen-bond acceptors (Lipinski definition) is 4. The average molecular weight is 405 g/mol. The van der Waals surface area contributed by atoms with E-state index in [2.05, 4.69) is 15.0 Å². The van der Waals surface area contributed by atoms with Gasteiger partial charge >= 0.3 is 6.18 Å². The van der Waals surface area contributed by atoms with Crippen molar-refractivity contribution in [3.05, 3.63) is 47.1 Å². The molecular formula is C22H26F3N3O. The van der Waals surface area contributed by atoms with Crippen molar-refractivity contribution in [1.82, 2.24) is 15.0 Å². The number of nitrogens with zero attached hydrogens (tertiary/aromatic N) is 3. The van der Waals surface area contributed by atoms with Gasteiger partial charge in [0.1, 0.15) is 0 Å². The Labute approximate surface area is 168 Å². The second-order valence-electron chi connectivity index (χ2n) is 8.13. The van der Waals surface area contributed by atoms with Crippen LogP contribution in [-0.4, -0.2) is 34.2 Å². The number of alkyl halides is 3. The molecule has 2 heterocycles. The van der Waals surface area contributed by atoms with Gasteiger partial charge in [0.25, 0.3) is 5.89 Å². The summed E-state index contributed by atoms with van der Waals surface area (Å²) in [6.45, 7) is 2.30. The van der Waals surface area contributed by atoms with Crippen LogP contribution in [-0.2, 0) is 12.6 Å². The zero-order valence-electron chi connectivity index (χ0n) is 16.4. The second kappa shape index (κ2) is 8.69. The fraction of sp³-hybridized carbons (Fsp3) is 0.545. The molecule has 0 bridgehead atoms. The molecule has 7 heteroatoms. The third-order valence-corrected chi connectivity index (χ3v) is 6.08. The van der Waals surface area contributed by atoms with Crippen LogP contribution in [0.15, 0.2) is 28.8 Å². The summed E-state index contributed by atoms with van der Waals surface area (Å²) in [6.07, 6.45) is 7.29. The van der Waals surface area contributed by atoms with Gasteiger partial charge < -0.3 is 9.42 Å². The van der Waals surface area contributed by atoms with E-state index in [9.17, 15) is 13.2 Å². The maximum atomic E-state index is 12.8. The number of hydrogen-bond donors (Lipinski definition) is 0. The van der Waals surface area contributed by atoms with Crippen molar-refractivity contribution in [3.63, 3.8) is 0 Å². The van der Waals surface area contributed by atoms with E-state index in [1.54, 1.807) is 18.2 Å². The van der Waals surface area contributed by atoms with Crippen molar-refractivity contribution in [2.45, 2.75) is 57.2 Å². The van der Waals surface area contributed by atoms with E-state index >= 15 is 0 Å². The van der Waals surface area contributed by atoms with E-state index in [-0.39, 0.29) is 0 Å². The lowest BCUT2D eigenvalue weighted by Crippen LogP contribution is -2.40. The summed E-state index contributed by atoms with van der Waals surface area (Å²) < 4.78 is 43.7. The van der Waals surface area contributed by atoms with Gasteiger partial charge in [-0.25, -0.2) is 0 Å². The van der Waals surface area contributed by atoms with E-state index in [1.165, 1.54) is 31.7 Å². The first kappa shape index (κ1) is 20.1. The van der Waals surface area contributed by atoms with Gasteiger partial charge in [0.15, 0.2) is 5.82 Å². The molecule has 0 amide bonds. The Morgan fingerprint density at radius 1 is 1.07 bits per heavy atom. The van der Waals surface area contributed by atoms with Gasteiger partial charge in [0.2, 0.25) is 0 Å². The van der Waals surface area contributed by atoms with Gasteiger partial charge in [-0.1, -0.05) is 30.1 Å². The van der Waals surface area contributed by atoms with Crippen LogP contribution in [0.2, 0.25) is 0 Å². The monoisotopic (exact) mass is 405 g/mol. The third kappa shape index (κ3) is 5.26. The van der Waals surface area contributed by atoms with Crippen LogP contribution >= 0.6 is 0 Å². The Morgan fingerprint density at radius 3 is 2.55 bits per heavy atom. The molecule has 0 N–H and O–H groups in total. The summed E-state index contributed by atoms with van der Waals surface area (Å²) >= 11 is 0. The van der Waals surface area contributed by atoms with Gasteiger partial charge in [0, 0.05) is 18.5 Å². The van der Waals surface area contributed by atoms with Crippen molar-refractivity contribution < 1.29 is 17.7 Å². The minimum absolute atomic E-state index is 0.320. The first-order chi connectivity index (χ1) is 14.0. The molecule has 29 heavy (non-hydrogen) atoms. The number of halogens is 3.